The molecule has 0 spiro atoms. The van der Waals surface area contributed by atoms with Crippen molar-refractivity contribution in [2.24, 2.45) is 0 Å². The Labute approximate surface area is 133 Å². The second-order valence-electron chi connectivity index (χ2n) is 5.18. The van der Waals surface area contributed by atoms with Crippen molar-refractivity contribution >= 4 is 28.9 Å². The molecule has 100 valence electrons. The van der Waals surface area contributed by atoms with E-state index in [1.807, 2.05) is 0 Å². The maximum absolute atomic E-state index is 12.3. The van der Waals surface area contributed by atoms with Crippen LogP contribution in [-0.4, -0.2) is 11.4 Å². The molecule has 2 nitrogen and oxygen atoms in total. The van der Waals surface area contributed by atoms with E-state index in [4.69, 9.17) is 16.3 Å². The molecule has 0 aliphatic heterocycles. The van der Waals surface area contributed by atoms with Crippen molar-refractivity contribution in [2.45, 2.75) is 75.6 Å². The normalized spacial score (nSPS) is 26.3. The minimum absolute atomic E-state index is 0. The summed E-state index contributed by atoms with van der Waals surface area (Å²) >= 11 is 6.67. The third kappa shape index (κ3) is 6.33. The maximum atomic E-state index is 12.3. The Morgan fingerprint density at radius 1 is 0.944 bits per heavy atom. The first kappa shape index (κ1) is 17.6. The average Bonchev–Trinajstić information content (AvgIpc) is 2.30. The number of hydrogen-bond acceptors (Lipinski definition) is 4. The van der Waals surface area contributed by atoms with Crippen LogP contribution in [0, 0.1) is 0 Å². The molecule has 0 aromatic rings. The molecule has 2 aliphatic carbocycles. The first-order valence-corrected chi connectivity index (χ1v) is 11.0. The fraction of sp³-hybridized carbons (Fsp3) is 1.00. The summed E-state index contributed by atoms with van der Waals surface area (Å²) < 4.78 is 5.71. The Morgan fingerprint density at radius 2 is 1.44 bits per heavy atom. The van der Waals surface area contributed by atoms with Crippen LogP contribution in [0.3, 0.4) is 0 Å². The summed E-state index contributed by atoms with van der Waals surface area (Å²) in [5.74, 6) is 0. The van der Waals surface area contributed by atoms with Crippen molar-refractivity contribution in [1.82, 2.24) is 0 Å². The van der Waals surface area contributed by atoms with E-state index in [1.54, 1.807) is 0 Å². The molecule has 0 radical (unpaired) electrons. The molecular formula is C12H22O2PS2Zn+. The molecule has 2 fully saturated rings. The fourth-order valence-electron chi connectivity index (χ4n) is 2.73. The van der Waals surface area contributed by atoms with Gasteiger partial charge >= 0.3 is 19.5 Å². The van der Waals surface area contributed by atoms with E-state index in [0.29, 0.717) is 5.25 Å². The third-order valence-corrected chi connectivity index (χ3v) is 8.20. The second-order valence-corrected chi connectivity index (χ2v) is 11.4. The second kappa shape index (κ2) is 8.75. The Bertz CT molecular complexity index is 255. The molecule has 6 heteroatoms. The first-order chi connectivity index (χ1) is 8.16. The summed E-state index contributed by atoms with van der Waals surface area (Å²) in [5, 5.41) is 0.482. The fourth-order valence-corrected chi connectivity index (χ4v) is 7.97. The van der Waals surface area contributed by atoms with Crippen molar-refractivity contribution in [3.8, 4) is 0 Å². The molecule has 0 saturated heterocycles. The van der Waals surface area contributed by atoms with Gasteiger partial charge in [0.25, 0.3) is 0 Å². The Balaban J connectivity index is 0.00000162. The quantitative estimate of drug-likeness (QED) is 0.562. The zero-order valence-electron chi connectivity index (χ0n) is 11.0. The Hall–Kier alpha value is 1.54. The van der Waals surface area contributed by atoms with E-state index in [-0.39, 0.29) is 25.6 Å². The third-order valence-electron chi connectivity index (χ3n) is 3.66. The van der Waals surface area contributed by atoms with Gasteiger partial charge in [-0.25, -0.2) is 0 Å². The SMILES string of the molecule is [O-]P(=S)(OC1CCCCC1)SC1CCCCC1.[Zn+2]. The minimum Gasteiger partial charge on any atom is -0.793 e. The first-order valence-electron chi connectivity index (χ1n) is 6.83. The molecule has 0 heterocycles. The zero-order chi connectivity index (χ0) is 12.1. The summed E-state index contributed by atoms with van der Waals surface area (Å²) in [4.78, 5) is 12.3. The molecule has 1 unspecified atom stereocenters. The van der Waals surface area contributed by atoms with E-state index in [9.17, 15) is 4.89 Å². The number of rotatable bonds is 4. The van der Waals surface area contributed by atoms with Crippen LogP contribution in [0.25, 0.3) is 0 Å². The minimum atomic E-state index is -2.83. The van der Waals surface area contributed by atoms with Gasteiger partial charge < -0.3 is 9.42 Å². The van der Waals surface area contributed by atoms with E-state index in [1.165, 1.54) is 62.7 Å². The van der Waals surface area contributed by atoms with E-state index >= 15 is 0 Å². The van der Waals surface area contributed by atoms with Crippen LogP contribution >= 0.6 is 17.1 Å². The van der Waals surface area contributed by atoms with E-state index in [0.717, 1.165) is 12.8 Å². The standard InChI is InChI=1S/C12H23O2PS2.Zn/c13-15(16,14-11-7-3-1-4-8-11)17-12-9-5-2-6-10-12;/h11-12H,1-10H2,(H,13,16);/q;+2/p-1. The predicted molar refractivity (Wildman–Crippen MR) is 76.7 cm³/mol. The summed E-state index contributed by atoms with van der Waals surface area (Å²) in [7, 11) is 0. The van der Waals surface area contributed by atoms with Gasteiger partial charge in [-0.15, -0.1) is 11.4 Å². The molecule has 1 atom stereocenters. The molecule has 2 aliphatic rings. The largest absolute Gasteiger partial charge is 2.00 e. The van der Waals surface area contributed by atoms with Crippen molar-refractivity contribution in [1.29, 1.82) is 0 Å². The summed E-state index contributed by atoms with van der Waals surface area (Å²) in [6, 6.07) is 0. The summed E-state index contributed by atoms with van der Waals surface area (Å²) in [6.45, 7) is 0. The topological polar surface area (TPSA) is 32.3 Å². The molecular weight excluding hydrogens is 337 g/mol. The molecule has 0 bridgehead atoms. The van der Waals surface area contributed by atoms with Crippen molar-refractivity contribution in [3.63, 3.8) is 0 Å². The van der Waals surface area contributed by atoms with Crippen LogP contribution in [0.5, 0.6) is 0 Å². The smallest absolute Gasteiger partial charge is 0.793 e. The van der Waals surface area contributed by atoms with Gasteiger partial charge in [-0.1, -0.05) is 50.3 Å². The molecule has 0 aromatic carbocycles. The average molecular weight is 359 g/mol. The van der Waals surface area contributed by atoms with Gasteiger partial charge in [-0.2, -0.15) is 0 Å². The van der Waals surface area contributed by atoms with Gasteiger partial charge in [-0.3, -0.25) is 0 Å². The van der Waals surface area contributed by atoms with E-state index in [2.05, 4.69) is 0 Å². The van der Waals surface area contributed by atoms with Crippen LogP contribution in [0.2, 0.25) is 0 Å². The Kier molecular flexibility index (Phi) is 8.55. The van der Waals surface area contributed by atoms with Gasteiger partial charge in [0.2, 0.25) is 0 Å². The van der Waals surface area contributed by atoms with Crippen molar-refractivity contribution in [2.75, 3.05) is 0 Å². The van der Waals surface area contributed by atoms with Gasteiger partial charge in [0.1, 0.15) is 0 Å². The van der Waals surface area contributed by atoms with Gasteiger partial charge in [-0.05, 0) is 25.7 Å². The van der Waals surface area contributed by atoms with Gasteiger partial charge in [0, 0.05) is 10.9 Å². The van der Waals surface area contributed by atoms with Crippen LogP contribution in [0.15, 0.2) is 0 Å². The molecule has 18 heavy (non-hydrogen) atoms. The molecule has 0 aromatic heterocycles. The van der Waals surface area contributed by atoms with Crippen LogP contribution in [0.4, 0.5) is 0 Å². The van der Waals surface area contributed by atoms with Crippen molar-refractivity contribution in [3.05, 3.63) is 0 Å². The monoisotopic (exact) mass is 357 g/mol. The Morgan fingerprint density at radius 3 is 2.00 bits per heavy atom. The summed E-state index contributed by atoms with van der Waals surface area (Å²) in [5.41, 5.74) is -2.83. The van der Waals surface area contributed by atoms with Crippen LogP contribution in [-0.2, 0) is 35.8 Å². The summed E-state index contributed by atoms with van der Waals surface area (Å²) in [6.07, 6.45) is 12.1. The zero-order valence-corrected chi connectivity index (χ0v) is 16.5. The maximum Gasteiger partial charge on any atom is 2.00 e. The van der Waals surface area contributed by atoms with Crippen LogP contribution in [0.1, 0.15) is 64.2 Å². The van der Waals surface area contributed by atoms with Crippen LogP contribution < -0.4 is 4.89 Å². The van der Waals surface area contributed by atoms with Gasteiger partial charge in [0.05, 0.1) is 6.10 Å². The molecule has 0 amide bonds. The van der Waals surface area contributed by atoms with Gasteiger partial charge in [0.15, 0.2) is 0 Å². The molecule has 0 N–H and O–H groups in total. The number of hydrogen-bond donors (Lipinski definition) is 0. The van der Waals surface area contributed by atoms with Crippen molar-refractivity contribution < 1.29 is 28.9 Å². The molecule has 2 rings (SSSR count). The predicted octanol–water partition coefficient (Wildman–Crippen LogP) is 3.98. The van der Waals surface area contributed by atoms with E-state index < -0.39 is 5.69 Å². The molecule has 2 saturated carbocycles.